The van der Waals surface area contributed by atoms with E-state index in [1.54, 1.807) is 6.07 Å². The Morgan fingerprint density at radius 2 is 2.20 bits per heavy atom. The smallest absolute Gasteiger partial charge is 0.141 e. The fourth-order valence-electron chi connectivity index (χ4n) is 3.53. The second-order valence-electron chi connectivity index (χ2n) is 6.71. The van der Waals surface area contributed by atoms with Crippen molar-refractivity contribution in [2.24, 2.45) is 11.3 Å². The lowest BCUT2D eigenvalue weighted by atomic mass is 9.65. The van der Waals surface area contributed by atoms with E-state index in [0.29, 0.717) is 11.3 Å². The molecule has 1 aromatic heterocycles. The van der Waals surface area contributed by atoms with E-state index in [1.165, 1.54) is 31.9 Å². The van der Waals surface area contributed by atoms with Crippen LogP contribution in [0.3, 0.4) is 0 Å². The Bertz CT molecular complexity index is 431. The van der Waals surface area contributed by atoms with Gasteiger partial charge in [-0.15, -0.1) is 0 Å². The highest BCUT2D eigenvalue weighted by Crippen LogP contribution is 2.46. The lowest BCUT2D eigenvalue weighted by Crippen LogP contribution is -2.39. The van der Waals surface area contributed by atoms with Gasteiger partial charge in [-0.1, -0.05) is 33.6 Å². The van der Waals surface area contributed by atoms with Gasteiger partial charge in [-0.2, -0.15) is 0 Å². The fraction of sp³-hybridized carbons (Fsp3) is 0.706. The van der Waals surface area contributed by atoms with E-state index < -0.39 is 0 Å². The minimum atomic E-state index is -0.237. The molecular weight excluding hydrogens is 251 g/mol. The Hall–Kier alpha value is -0.960. The monoisotopic (exact) mass is 278 g/mol. The standard InChI is InChI=1S/C17H27FN2/c1-4-9-20-16(13-10-14(18)12-19-11-13)15-7-5-6-8-17(15,2)3/h10-12,15-16,20H,4-9H2,1-3H3. The maximum absolute atomic E-state index is 13.5. The van der Waals surface area contributed by atoms with E-state index in [9.17, 15) is 4.39 Å². The molecular formula is C17H27FN2. The largest absolute Gasteiger partial charge is 0.310 e. The van der Waals surface area contributed by atoms with E-state index in [2.05, 4.69) is 31.1 Å². The van der Waals surface area contributed by atoms with Crippen LogP contribution < -0.4 is 5.32 Å². The maximum atomic E-state index is 13.5. The number of hydrogen-bond donors (Lipinski definition) is 1. The number of aromatic nitrogens is 1. The van der Waals surface area contributed by atoms with Crippen LogP contribution in [0.15, 0.2) is 18.5 Å². The second kappa shape index (κ2) is 6.66. The average molecular weight is 278 g/mol. The molecule has 1 fully saturated rings. The van der Waals surface area contributed by atoms with E-state index in [4.69, 9.17) is 0 Å². The van der Waals surface area contributed by atoms with Crippen LogP contribution in [0.5, 0.6) is 0 Å². The Morgan fingerprint density at radius 3 is 2.85 bits per heavy atom. The van der Waals surface area contributed by atoms with Crippen LogP contribution in [0.2, 0.25) is 0 Å². The summed E-state index contributed by atoms with van der Waals surface area (Å²) < 4.78 is 13.5. The number of hydrogen-bond acceptors (Lipinski definition) is 2. The molecule has 2 unspecified atom stereocenters. The molecule has 0 bridgehead atoms. The molecule has 2 rings (SSSR count). The highest BCUT2D eigenvalue weighted by Gasteiger charge is 2.38. The minimum Gasteiger partial charge on any atom is -0.310 e. The minimum absolute atomic E-state index is 0.216. The van der Waals surface area contributed by atoms with E-state index in [-0.39, 0.29) is 11.9 Å². The summed E-state index contributed by atoms with van der Waals surface area (Å²) in [5.74, 6) is 0.311. The molecule has 1 aromatic rings. The van der Waals surface area contributed by atoms with Crippen LogP contribution in [0.25, 0.3) is 0 Å². The SMILES string of the molecule is CCCNC(c1cncc(F)c1)C1CCCCC1(C)C. The van der Waals surface area contributed by atoms with Gasteiger partial charge in [0.1, 0.15) is 5.82 Å². The molecule has 2 nitrogen and oxygen atoms in total. The highest BCUT2D eigenvalue weighted by molar-refractivity contribution is 5.17. The van der Waals surface area contributed by atoms with Gasteiger partial charge in [0.2, 0.25) is 0 Å². The molecule has 2 atom stereocenters. The molecule has 0 amide bonds. The van der Waals surface area contributed by atoms with Crippen molar-refractivity contribution < 1.29 is 4.39 Å². The van der Waals surface area contributed by atoms with Gasteiger partial charge in [-0.3, -0.25) is 4.98 Å². The molecule has 0 saturated heterocycles. The molecule has 0 aromatic carbocycles. The number of nitrogens with zero attached hydrogens (tertiary/aromatic N) is 1. The van der Waals surface area contributed by atoms with Crippen LogP contribution in [-0.4, -0.2) is 11.5 Å². The van der Waals surface area contributed by atoms with Crippen LogP contribution >= 0.6 is 0 Å². The van der Waals surface area contributed by atoms with Crippen molar-refractivity contribution in [2.75, 3.05) is 6.54 Å². The van der Waals surface area contributed by atoms with Crippen LogP contribution in [0.1, 0.15) is 64.5 Å². The summed E-state index contributed by atoms with van der Waals surface area (Å²) in [7, 11) is 0. The van der Waals surface area contributed by atoms with Crippen LogP contribution in [0, 0.1) is 17.2 Å². The first kappa shape index (κ1) is 15.4. The van der Waals surface area contributed by atoms with Gasteiger partial charge in [0.25, 0.3) is 0 Å². The summed E-state index contributed by atoms with van der Waals surface area (Å²) in [5.41, 5.74) is 1.30. The van der Waals surface area contributed by atoms with Crippen molar-refractivity contribution in [2.45, 2.75) is 58.9 Å². The second-order valence-corrected chi connectivity index (χ2v) is 6.71. The molecule has 3 heteroatoms. The zero-order chi connectivity index (χ0) is 14.6. The number of nitrogens with one attached hydrogen (secondary N) is 1. The van der Waals surface area contributed by atoms with Gasteiger partial charge in [-0.05, 0) is 48.8 Å². The molecule has 1 aliphatic carbocycles. The van der Waals surface area contributed by atoms with Crippen molar-refractivity contribution in [3.63, 3.8) is 0 Å². The molecule has 20 heavy (non-hydrogen) atoms. The first-order chi connectivity index (χ1) is 9.54. The zero-order valence-electron chi connectivity index (χ0n) is 13.0. The van der Waals surface area contributed by atoms with E-state index in [0.717, 1.165) is 18.5 Å². The first-order valence-corrected chi connectivity index (χ1v) is 7.88. The zero-order valence-corrected chi connectivity index (χ0v) is 13.0. The van der Waals surface area contributed by atoms with Crippen molar-refractivity contribution in [1.29, 1.82) is 0 Å². The third-order valence-electron chi connectivity index (χ3n) is 4.69. The first-order valence-electron chi connectivity index (χ1n) is 7.88. The van der Waals surface area contributed by atoms with Gasteiger partial charge in [0.15, 0.2) is 0 Å². The quantitative estimate of drug-likeness (QED) is 0.859. The molecule has 1 saturated carbocycles. The summed E-state index contributed by atoms with van der Waals surface area (Å²) >= 11 is 0. The highest BCUT2D eigenvalue weighted by atomic mass is 19.1. The third kappa shape index (κ3) is 3.57. The summed E-state index contributed by atoms with van der Waals surface area (Å²) in [4.78, 5) is 4.04. The van der Waals surface area contributed by atoms with Crippen LogP contribution in [0.4, 0.5) is 4.39 Å². The molecule has 1 N–H and O–H groups in total. The summed E-state index contributed by atoms with van der Waals surface area (Å²) in [5, 5.41) is 3.63. The molecule has 0 radical (unpaired) electrons. The van der Waals surface area contributed by atoms with Gasteiger partial charge in [0, 0.05) is 12.2 Å². The van der Waals surface area contributed by atoms with Crippen molar-refractivity contribution >= 4 is 0 Å². The van der Waals surface area contributed by atoms with E-state index >= 15 is 0 Å². The Morgan fingerprint density at radius 1 is 1.40 bits per heavy atom. The lowest BCUT2D eigenvalue weighted by Gasteiger charge is -2.43. The van der Waals surface area contributed by atoms with Crippen molar-refractivity contribution in [3.8, 4) is 0 Å². The summed E-state index contributed by atoms with van der Waals surface area (Å²) in [6.07, 6.45) is 9.25. The Balaban J connectivity index is 2.26. The van der Waals surface area contributed by atoms with Gasteiger partial charge < -0.3 is 5.32 Å². The number of rotatable bonds is 5. The van der Waals surface area contributed by atoms with Gasteiger partial charge in [0.05, 0.1) is 6.20 Å². The predicted octanol–water partition coefficient (Wildman–Crippen LogP) is 4.48. The molecule has 0 aliphatic heterocycles. The predicted molar refractivity (Wildman–Crippen MR) is 81.0 cm³/mol. The van der Waals surface area contributed by atoms with Crippen LogP contribution in [-0.2, 0) is 0 Å². The molecule has 0 spiro atoms. The molecule has 112 valence electrons. The number of halogens is 1. The van der Waals surface area contributed by atoms with E-state index in [1.807, 2.05) is 6.20 Å². The fourth-order valence-corrected chi connectivity index (χ4v) is 3.53. The van der Waals surface area contributed by atoms with Gasteiger partial charge in [-0.25, -0.2) is 4.39 Å². The summed E-state index contributed by atoms with van der Waals surface area (Å²) in [6.45, 7) is 7.84. The Labute approximate surface area is 122 Å². The maximum Gasteiger partial charge on any atom is 0.141 e. The third-order valence-corrected chi connectivity index (χ3v) is 4.69. The average Bonchev–Trinajstić information content (AvgIpc) is 2.40. The number of pyridine rings is 1. The van der Waals surface area contributed by atoms with Gasteiger partial charge >= 0.3 is 0 Å². The molecule has 1 aliphatic rings. The van der Waals surface area contributed by atoms with Crippen molar-refractivity contribution in [3.05, 3.63) is 29.8 Å². The lowest BCUT2D eigenvalue weighted by molar-refractivity contribution is 0.0979. The van der Waals surface area contributed by atoms with Crippen molar-refractivity contribution in [1.82, 2.24) is 10.3 Å². The Kier molecular flexibility index (Phi) is 5.14. The summed E-state index contributed by atoms with van der Waals surface area (Å²) in [6, 6.07) is 1.86. The molecule has 1 heterocycles. The normalized spacial score (nSPS) is 23.5. The topological polar surface area (TPSA) is 24.9 Å².